The Hall–Kier alpha value is -0.650. The monoisotopic (exact) mass is 299 g/mol. The fourth-order valence-electron chi connectivity index (χ4n) is 2.69. The van der Waals surface area contributed by atoms with E-state index in [2.05, 4.69) is 24.1 Å². The van der Waals surface area contributed by atoms with Gasteiger partial charge in [-0.25, -0.2) is 0 Å². The zero-order valence-electron chi connectivity index (χ0n) is 13.8. The number of nitrogens with one attached hydrogen (secondary N) is 1. The van der Waals surface area contributed by atoms with Crippen molar-refractivity contribution in [3.05, 3.63) is 0 Å². The highest BCUT2D eigenvalue weighted by Crippen LogP contribution is 2.08. The molecule has 0 bridgehead atoms. The van der Waals surface area contributed by atoms with E-state index in [0.29, 0.717) is 18.9 Å². The van der Waals surface area contributed by atoms with Crippen molar-refractivity contribution in [3.63, 3.8) is 0 Å². The number of hydrogen-bond donors (Lipinski definition) is 2. The van der Waals surface area contributed by atoms with Crippen LogP contribution < -0.4 is 11.1 Å². The maximum atomic E-state index is 11.8. The first kappa shape index (κ1) is 18.4. The Labute approximate surface area is 129 Å². The highest BCUT2D eigenvalue weighted by molar-refractivity contribution is 5.75. The minimum Gasteiger partial charge on any atom is -0.374 e. The molecule has 5 nitrogen and oxygen atoms in total. The molecule has 124 valence electrons. The average Bonchev–Trinajstić information content (AvgIpc) is 2.44. The van der Waals surface area contributed by atoms with E-state index in [9.17, 15) is 4.79 Å². The fourth-order valence-corrected chi connectivity index (χ4v) is 2.69. The van der Waals surface area contributed by atoms with E-state index in [0.717, 1.165) is 58.5 Å². The van der Waals surface area contributed by atoms with Gasteiger partial charge in [-0.15, -0.1) is 0 Å². The molecule has 3 N–H and O–H groups in total. The lowest BCUT2D eigenvalue weighted by Crippen LogP contribution is -2.48. The lowest BCUT2D eigenvalue weighted by atomic mass is 10.1. The molecule has 1 heterocycles. The molecule has 1 atom stereocenters. The van der Waals surface area contributed by atoms with E-state index in [1.165, 1.54) is 0 Å². The predicted molar refractivity (Wildman–Crippen MR) is 86.2 cm³/mol. The molecule has 5 heteroatoms. The maximum absolute atomic E-state index is 11.8. The normalized spacial score (nSPS) is 19.9. The summed E-state index contributed by atoms with van der Waals surface area (Å²) in [5.74, 6) is 0.819. The highest BCUT2D eigenvalue weighted by Gasteiger charge is 2.21. The second kappa shape index (κ2) is 11.0. The summed E-state index contributed by atoms with van der Waals surface area (Å²) in [5, 5.41) is 3.00. The van der Waals surface area contributed by atoms with Crippen LogP contribution in [0.25, 0.3) is 0 Å². The molecule has 1 saturated heterocycles. The molecule has 0 aromatic rings. The predicted octanol–water partition coefficient (Wildman–Crippen LogP) is 1.37. The highest BCUT2D eigenvalue weighted by atomic mass is 16.5. The lowest BCUT2D eigenvalue weighted by molar-refractivity contribution is -0.122. The number of ether oxygens (including phenoxy) is 1. The Morgan fingerprint density at radius 1 is 1.33 bits per heavy atom. The van der Waals surface area contributed by atoms with Crippen molar-refractivity contribution in [1.29, 1.82) is 0 Å². The van der Waals surface area contributed by atoms with Crippen LogP contribution >= 0.6 is 0 Å². The lowest BCUT2D eigenvalue weighted by Gasteiger charge is -2.33. The number of carbonyl (C=O) groups excluding carboxylic acids is 1. The molecule has 1 amide bonds. The van der Waals surface area contributed by atoms with Gasteiger partial charge in [-0.3, -0.25) is 9.69 Å². The number of morpholine rings is 1. The van der Waals surface area contributed by atoms with E-state index < -0.39 is 0 Å². The van der Waals surface area contributed by atoms with Crippen LogP contribution in [-0.4, -0.2) is 56.2 Å². The Bertz CT molecular complexity index is 285. The summed E-state index contributed by atoms with van der Waals surface area (Å²) >= 11 is 0. The minimum absolute atomic E-state index is 0.138. The van der Waals surface area contributed by atoms with Crippen molar-refractivity contribution in [3.8, 4) is 0 Å². The number of nitrogens with zero attached hydrogens (tertiary/aromatic N) is 1. The molecule has 1 unspecified atom stereocenters. The largest absolute Gasteiger partial charge is 0.374 e. The van der Waals surface area contributed by atoms with Crippen LogP contribution in [0.1, 0.15) is 46.0 Å². The van der Waals surface area contributed by atoms with Gasteiger partial charge in [0.1, 0.15) is 0 Å². The van der Waals surface area contributed by atoms with Crippen molar-refractivity contribution >= 4 is 5.91 Å². The summed E-state index contributed by atoms with van der Waals surface area (Å²) in [6.45, 7) is 9.65. The molecule has 0 saturated carbocycles. The summed E-state index contributed by atoms with van der Waals surface area (Å²) < 4.78 is 5.73. The average molecular weight is 299 g/mol. The molecule has 21 heavy (non-hydrogen) atoms. The standard InChI is InChI=1S/C16H33N3O2/c1-14(2)12-19-9-10-21-15(13-19)11-18-16(20)7-5-3-4-6-8-17/h14-15H,3-13,17H2,1-2H3,(H,18,20). The number of carbonyl (C=O) groups is 1. The molecule has 0 aromatic heterocycles. The molecule has 1 rings (SSSR count). The van der Waals surface area contributed by atoms with Crippen molar-refractivity contribution in [2.45, 2.75) is 52.1 Å². The molecular weight excluding hydrogens is 266 g/mol. The van der Waals surface area contributed by atoms with Crippen molar-refractivity contribution in [2.75, 3.05) is 39.3 Å². The van der Waals surface area contributed by atoms with Gasteiger partial charge in [-0.1, -0.05) is 26.7 Å². The molecule has 1 fully saturated rings. The Morgan fingerprint density at radius 2 is 2.10 bits per heavy atom. The van der Waals surface area contributed by atoms with E-state index in [1.807, 2.05) is 0 Å². The van der Waals surface area contributed by atoms with Gasteiger partial charge < -0.3 is 15.8 Å². The summed E-state index contributed by atoms with van der Waals surface area (Å²) in [6, 6.07) is 0. The third kappa shape index (κ3) is 9.06. The molecule has 1 aliphatic heterocycles. The summed E-state index contributed by atoms with van der Waals surface area (Å²) in [4.78, 5) is 14.2. The Morgan fingerprint density at radius 3 is 2.81 bits per heavy atom. The third-order valence-electron chi connectivity index (χ3n) is 3.73. The van der Waals surface area contributed by atoms with Crippen LogP contribution in [0.15, 0.2) is 0 Å². The van der Waals surface area contributed by atoms with Crippen LogP contribution in [0.4, 0.5) is 0 Å². The quantitative estimate of drug-likeness (QED) is 0.598. The van der Waals surface area contributed by atoms with Gasteiger partial charge in [0.05, 0.1) is 12.7 Å². The summed E-state index contributed by atoms with van der Waals surface area (Å²) in [6.07, 6.45) is 4.98. The molecule has 0 aromatic carbocycles. The number of rotatable bonds is 10. The van der Waals surface area contributed by atoms with Gasteiger partial charge in [-0.05, 0) is 25.3 Å². The number of amides is 1. The van der Waals surface area contributed by atoms with Gasteiger partial charge in [0.15, 0.2) is 0 Å². The van der Waals surface area contributed by atoms with E-state index in [4.69, 9.17) is 10.5 Å². The van der Waals surface area contributed by atoms with E-state index in [1.54, 1.807) is 0 Å². The van der Waals surface area contributed by atoms with Crippen molar-refractivity contribution < 1.29 is 9.53 Å². The fraction of sp³-hybridized carbons (Fsp3) is 0.938. The van der Waals surface area contributed by atoms with Crippen LogP contribution in [0, 0.1) is 5.92 Å². The number of nitrogens with two attached hydrogens (primary N) is 1. The van der Waals surface area contributed by atoms with Gasteiger partial charge in [0, 0.05) is 32.6 Å². The third-order valence-corrected chi connectivity index (χ3v) is 3.73. The smallest absolute Gasteiger partial charge is 0.220 e. The first-order chi connectivity index (χ1) is 10.1. The molecule has 0 radical (unpaired) electrons. The zero-order valence-corrected chi connectivity index (χ0v) is 13.8. The first-order valence-electron chi connectivity index (χ1n) is 8.42. The summed E-state index contributed by atoms with van der Waals surface area (Å²) in [5.41, 5.74) is 5.44. The second-order valence-corrected chi connectivity index (χ2v) is 6.40. The van der Waals surface area contributed by atoms with E-state index in [-0.39, 0.29) is 12.0 Å². The van der Waals surface area contributed by atoms with E-state index >= 15 is 0 Å². The first-order valence-corrected chi connectivity index (χ1v) is 8.42. The number of unbranched alkanes of at least 4 members (excludes halogenated alkanes) is 3. The van der Waals surface area contributed by atoms with Crippen LogP contribution in [0.3, 0.4) is 0 Å². The van der Waals surface area contributed by atoms with Crippen LogP contribution in [0.2, 0.25) is 0 Å². The topological polar surface area (TPSA) is 67.6 Å². The molecular formula is C16H33N3O2. The molecule has 0 aliphatic carbocycles. The Balaban J connectivity index is 2.09. The van der Waals surface area contributed by atoms with Gasteiger partial charge in [0.2, 0.25) is 5.91 Å². The maximum Gasteiger partial charge on any atom is 0.220 e. The van der Waals surface area contributed by atoms with Crippen molar-refractivity contribution in [1.82, 2.24) is 10.2 Å². The van der Waals surface area contributed by atoms with Gasteiger partial charge in [0.25, 0.3) is 0 Å². The number of hydrogen-bond acceptors (Lipinski definition) is 4. The second-order valence-electron chi connectivity index (χ2n) is 6.40. The SMILES string of the molecule is CC(C)CN1CCOC(CNC(=O)CCCCCCN)C1. The van der Waals surface area contributed by atoms with Gasteiger partial charge >= 0.3 is 0 Å². The van der Waals surface area contributed by atoms with Gasteiger partial charge in [-0.2, -0.15) is 0 Å². The molecule has 1 aliphatic rings. The molecule has 0 spiro atoms. The van der Waals surface area contributed by atoms with Crippen molar-refractivity contribution in [2.24, 2.45) is 11.7 Å². The summed E-state index contributed by atoms with van der Waals surface area (Å²) in [7, 11) is 0. The zero-order chi connectivity index (χ0) is 15.5. The van der Waals surface area contributed by atoms with Crippen LogP contribution in [-0.2, 0) is 9.53 Å². The minimum atomic E-state index is 0.138. The Kier molecular flexibility index (Phi) is 9.63. The van der Waals surface area contributed by atoms with Crippen LogP contribution in [0.5, 0.6) is 0 Å².